The van der Waals surface area contributed by atoms with E-state index in [0.29, 0.717) is 11.9 Å². The third kappa shape index (κ3) is 3.42. The van der Waals surface area contributed by atoms with Crippen LogP contribution in [0.1, 0.15) is 17.9 Å². The Morgan fingerprint density at radius 1 is 1.23 bits per heavy atom. The van der Waals surface area contributed by atoms with Gasteiger partial charge in [0.2, 0.25) is 0 Å². The Kier molecular flexibility index (Phi) is 4.34. The van der Waals surface area contributed by atoms with Crippen molar-refractivity contribution in [3.05, 3.63) is 58.6 Å². The topological polar surface area (TPSA) is 59.6 Å². The molecule has 1 aliphatic rings. The van der Waals surface area contributed by atoms with Crippen LogP contribution in [0.4, 0.5) is 5.69 Å². The Hall–Kier alpha value is -2.01. The number of nitrogens with two attached hydrogens (primary N) is 1. The molecule has 2 atom stereocenters. The fourth-order valence-electron chi connectivity index (χ4n) is 2.49. The highest BCUT2D eigenvalue weighted by Crippen LogP contribution is 2.43. The Labute approximate surface area is 138 Å². The third-order valence-electron chi connectivity index (χ3n) is 3.73. The van der Waals surface area contributed by atoms with E-state index in [2.05, 4.69) is 50.5 Å². The molecular weight excluding hydrogens is 342 g/mol. The van der Waals surface area contributed by atoms with Gasteiger partial charge >= 0.3 is 0 Å². The normalized spacial score (nSPS) is 20.5. The van der Waals surface area contributed by atoms with Gasteiger partial charge in [0.25, 0.3) is 0 Å². The minimum atomic E-state index is 0.253. The van der Waals surface area contributed by atoms with E-state index < -0.39 is 0 Å². The van der Waals surface area contributed by atoms with Gasteiger partial charge in [0, 0.05) is 10.4 Å². The van der Waals surface area contributed by atoms with Crippen molar-refractivity contribution in [2.75, 3.05) is 12.4 Å². The van der Waals surface area contributed by atoms with E-state index in [1.807, 2.05) is 24.3 Å². The van der Waals surface area contributed by atoms with Crippen LogP contribution in [0.25, 0.3) is 0 Å². The molecule has 2 unspecified atom stereocenters. The fraction of sp³-hybridized carbons (Fsp3) is 0.235. The molecule has 0 aliphatic heterocycles. The van der Waals surface area contributed by atoms with Gasteiger partial charge in [-0.25, -0.2) is 4.99 Å². The Morgan fingerprint density at radius 3 is 2.68 bits per heavy atom. The average Bonchev–Trinajstić information content (AvgIpc) is 3.27. The number of para-hydroxylation sites is 2. The number of nitrogens with zero attached hydrogens (tertiary/aromatic N) is 1. The minimum absolute atomic E-state index is 0.253. The van der Waals surface area contributed by atoms with Gasteiger partial charge in [0.05, 0.1) is 18.8 Å². The van der Waals surface area contributed by atoms with E-state index in [-0.39, 0.29) is 6.04 Å². The lowest BCUT2D eigenvalue weighted by Crippen LogP contribution is -2.23. The average molecular weight is 360 g/mol. The van der Waals surface area contributed by atoms with Crippen molar-refractivity contribution in [3.63, 3.8) is 0 Å². The van der Waals surface area contributed by atoms with Gasteiger partial charge in [-0.1, -0.05) is 40.2 Å². The van der Waals surface area contributed by atoms with Crippen molar-refractivity contribution < 1.29 is 4.74 Å². The lowest BCUT2D eigenvalue weighted by atomic mass is 10.1. The third-order valence-corrected chi connectivity index (χ3v) is 4.26. The monoisotopic (exact) mass is 359 g/mol. The van der Waals surface area contributed by atoms with Gasteiger partial charge < -0.3 is 15.8 Å². The molecule has 0 amide bonds. The molecule has 3 N–H and O–H groups in total. The zero-order valence-electron chi connectivity index (χ0n) is 12.3. The van der Waals surface area contributed by atoms with E-state index in [0.717, 1.165) is 22.3 Å². The summed E-state index contributed by atoms with van der Waals surface area (Å²) in [5, 5.41) is 3.11. The Morgan fingerprint density at radius 2 is 1.95 bits per heavy atom. The first kappa shape index (κ1) is 14.9. The van der Waals surface area contributed by atoms with E-state index in [4.69, 9.17) is 10.5 Å². The molecule has 1 fully saturated rings. The number of nitrogens with one attached hydrogen (secondary N) is 1. The maximum absolute atomic E-state index is 6.01. The molecular formula is C17H18BrN3O. The zero-order chi connectivity index (χ0) is 15.5. The van der Waals surface area contributed by atoms with Crippen LogP contribution in [0, 0.1) is 0 Å². The van der Waals surface area contributed by atoms with Crippen LogP contribution in [0.5, 0.6) is 5.75 Å². The largest absolute Gasteiger partial charge is 0.495 e. The predicted molar refractivity (Wildman–Crippen MR) is 93.5 cm³/mol. The Balaban J connectivity index is 1.65. The van der Waals surface area contributed by atoms with Gasteiger partial charge in [-0.05, 0) is 36.2 Å². The molecule has 1 aliphatic carbocycles. The zero-order valence-corrected chi connectivity index (χ0v) is 13.9. The second kappa shape index (κ2) is 6.40. The highest BCUT2D eigenvalue weighted by molar-refractivity contribution is 9.10. The summed E-state index contributed by atoms with van der Waals surface area (Å²) in [4.78, 5) is 4.56. The number of benzene rings is 2. The molecule has 4 nitrogen and oxygen atoms in total. The summed E-state index contributed by atoms with van der Waals surface area (Å²) in [7, 11) is 1.64. The maximum Gasteiger partial charge on any atom is 0.193 e. The number of rotatable bonds is 4. The number of anilines is 1. The number of halogens is 1. The van der Waals surface area contributed by atoms with Crippen LogP contribution in [-0.2, 0) is 0 Å². The van der Waals surface area contributed by atoms with Crippen molar-refractivity contribution in [2.24, 2.45) is 10.7 Å². The van der Waals surface area contributed by atoms with E-state index >= 15 is 0 Å². The number of hydrogen-bond donors (Lipinski definition) is 2. The minimum Gasteiger partial charge on any atom is -0.495 e. The second-order valence-electron chi connectivity index (χ2n) is 5.30. The van der Waals surface area contributed by atoms with Crippen LogP contribution < -0.4 is 15.8 Å². The Bertz CT molecular complexity index is 685. The molecule has 0 bridgehead atoms. The molecule has 114 valence electrons. The van der Waals surface area contributed by atoms with Gasteiger partial charge in [-0.3, -0.25) is 0 Å². The molecule has 2 aromatic rings. The molecule has 3 rings (SSSR count). The first-order chi connectivity index (χ1) is 10.7. The number of methoxy groups -OCH3 is 1. The van der Waals surface area contributed by atoms with E-state index in [9.17, 15) is 0 Å². The molecule has 0 aromatic heterocycles. The summed E-state index contributed by atoms with van der Waals surface area (Å²) in [6.45, 7) is 0. The summed E-state index contributed by atoms with van der Waals surface area (Å²) >= 11 is 3.45. The van der Waals surface area contributed by atoms with Crippen LogP contribution in [0.2, 0.25) is 0 Å². The van der Waals surface area contributed by atoms with Crippen molar-refractivity contribution in [3.8, 4) is 5.75 Å². The molecule has 22 heavy (non-hydrogen) atoms. The summed E-state index contributed by atoms with van der Waals surface area (Å²) in [6, 6.07) is 16.3. The fourth-order valence-corrected chi connectivity index (χ4v) is 2.75. The first-order valence-electron chi connectivity index (χ1n) is 7.16. The van der Waals surface area contributed by atoms with Crippen molar-refractivity contribution in [1.29, 1.82) is 0 Å². The van der Waals surface area contributed by atoms with Crippen molar-refractivity contribution in [1.82, 2.24) is 0 Å². The lowest BCUT2D eigenvalue weighted by Gasteiger charge is -2.10. The van der Waals surface area contributed by atoms with Crippen LogP contribution in [0.3, 0.4) is 0 Å². The first-order valence-corrected chi connectivity index (χ1v) is 7.95. The van der Waals surface area contributed by atoms with E-state index in [1.165, 1.54) is 5.56 Å². The van der Waals surface area contributed by atoms with Gasteiger partial charge in [-0.2, -0.15) is 0 Å². The van der Waals surface area contributed by atoms with Crippen molar-refractivity contribution >= 4 is 27.6 Å². The highest BCUT2D eigenvalue weighted by Gasteiger charge is 2.38. The van der Waals surface area contributed by atoms with Crippen LogP contribution in [-0.4, -0.2) is 19.1 Å². The highest BCUT2D eigenvalue weighted by atomic mass is 79.9. The van der Waals surface area contributed by atoms with Crippen molar-refractivity contribution in [2.45, 2.75) is 18.4 Å². The van der Waals surface area contributed by atoms with Gasteiger partial charge in [0.1, 0.15) is 5.75 Å². The van der Waals surface area contributed by atoms with Gasteiger partial charge in [0.15, 0.2) is 5.96 Å². The number of aliphatic imine (C=N–C) groups is 1. The molecule has 0 heterocycles. The molecule has 1 saturated carbocycles. The SMILES string of the molecule is COc1ccccc1NC(N)=NC1CC1c1ccc(Br)cc1. The number of ether oxygens (including phenoxy) is 1. The smallest absolute Gasteiger partial charge is 0.193 e. The summed E-state index contributed by atoms with van der Waals surface area (Å²) < 4.78 is 6.38. The standard InChI is InChI=1S/C17H18BrN3O/c1-22-16-5-3-2-4-14(16)20-17(19)21-15-10-13(15)11-6-8-12(18)9-7-11/h2-9,13,15H,10H2,1H3,(H3,19,20,21). The van der Waals surface area contributed by atoms with Crippen LogP contribution >= 0.6 is 15.9 Å². The molecule has 0 spiro atoms. The van der Waals surface area contributed by atoms with E-state index in [1.54, 1.807) is 7.11 Å². The number of guanidine groups is 1. The predicted octanol–water partition coefficient (Wildman–Crippen LogP) is 3.74. The number of hydrogen-bond acceptors (Lipinski definition) is 2. The quantitative estimate of drug-likeness (QED) is 0.645. The van der Waals surface area contributed by atoms with Crippen LogP contribution in [0.15, 0.2) is 58.0 Å². The molecule has 0 saturated heterocycles. The second-order valence-corrected chi connectivity index (χ2v) is 6.22. The molecule has 0 radical (unpaired) electrons. The summed E-state index contributed by atoms with van der Waals surface area (Å²) in [5.41, 5.74) is 8.14. The summed E-state index contributed by atoms with van der Waals surface area (Å²) in [6.07, 6.45) is 1.04. The molecule has 2 aromatic carbocycles. The lowest BCUT2D eigenvalue weighted by molar-refractivity contribution is 0.417. The van der Waals surface area contributed by atoms with Gasteiger partial charge in [-0.15, -0.1) is 0 Å². The summed E-state index contributed by atoms with van der Waals surface area (Å²) in [5.74, 6) is 1.64. The molecule has 5 heteroatoms. The maximum atomic E-state index is 6.01.